The second kappa shape index (κ2) is 5.04. The molecular weight excluding hydrogens is 255 g/mol. The zero-order valence-corrected chi connectivity index (χ0v) is 11.3. The molecule has 0 aliphatic heterocycles. The summed E-state index contributed by atoms with van der Waals surface area (Å²) >= 11 is 0. The van der Waals surface area contributed by atoms with E-state index in [1.807, 2.05) is 20.8 Å². The highest BCUT2D eigenvalue weighted by Crippen LogP contribution is 2.44. The first-order valence-electron chi connectivity index (χ1n) is 6.39. The maximum absolute atomic E-state index is 13.6. The van der Waals surface area contributed by atoms with Gasteiger partial charge in [0.05, 0.1) is 6.10 Å². The molecule has 2 unspecified atom stereocenters. The molecule has 0 aromatic heterocycles. The maximum atomic E-state index is 13.6. The van der Waals surface area contributed by atoms with Gasteiger partial charge in [-0.3, -0.25) is 0 Å². The topological polar surface area (TPSA) is 21.3 Å². The Hall–Kier alpha value is -1.23. The minimum atomic E-state index is -0.916. The molecule has 5 heteroatoms. The van der Waals surface area contributed by atoms with Crippen LogP contribution < -0.4 is 5.32 Å². The van der Waals surface area contributed by atoms with Crippen LogP contribution in [0.15, 0.2) is 12.1 Å². The predicted molar refractivity (Wildman–Crippen MR) is 67.5 cm³/mol. The van der Waals surface area contributed by atoms with Crippen molar-refractivity contribution in [1.29, 1.82) is 0 Å². The highest BCUT2D eigenvalue weighted by atomic mass is 19.1. The summed E-state index contributed by atoms with van der Waals surface area (Å²) in [4.78, 5) is 0. The molecule has 1 saturated carbocycles. The third-order valence-electron chi connectivity index (χ3n) is 3.87. The normalized spacial score (nSPS) is 24.9. The highest BCUT2D eigenvalue weighted by molar-refractivity contribution is 5.48. The van der Waals surface area contributed by atoms with Gasteiger partial charge in [0.15, 0.2) is 11.6 Å². The lowest BCUT2D eigenvalue weighted by atomic mass is 9.64. The van der Waals surface area contributed by atoms with E-state index >= 15 is 0 Å². The molecule has 0 bridgehead atoms. The summed E-state index contributed by atoms with van der Waals surface area (Å²) in [7, 11) is 0. The van der Waals surface area contributed by atoms with Crippen LogP contribution in [0.1, 0.15) is 27.2 Å². The molecule has 0 heterocycles. The first-order valence-corrected chi connectivity index (χ1v) is 6.39. The van der Waals surface area contributed by atoms with E-state index in [9.17, 15) is 13.2 Å². The van der Waals surface area contributed by atoms with Crippen molar-refractivity contribution < 1.29 is 17.9 Å². The Balaban J connectivity index is 2.12. The third kappa shape index (κ3) is 2.56. The Bertz CT molecular complexity index is 453. The van der Waals surface area contributed by atoms with Gasteiger partial charge in [0.2, 0.25) is 0 Å². The van der Waals surface area contributed by atoms with E-state index in [1.54, 1.807) is 0 Å². The SMILES string of the molecule is CCOC1CC(Nc2c(F)cc(F)cc2F)C1(C)C. The number of nitrogens with one attached hydrogen (secondary N) is 1. The Labute approximate surface area is 111 Å². The van der Waals surface area contributed by atoms with E-state index in [0.29, 0.717) is 25.2 Å². The quantitative estimate of drug-likeness (QED) is 0.902. The fourth-order valence-corrected chi connectivity index (χ4v) is 2.47. The van der Waals surface area contributed by atoms with Gasteiger partial charge in [0.25, 0.3) is 0 Å². The number of anilines is 1. The molecule has 0 saturated heterocycles. The highest BCUT2D eigenvalue weighted by Gasteiger charge is 2.49. The molecule has 1 N–H and O–H groups in total. The zero-order chi connectivity index (χ0) is 14.2. The van der Waals surface area contributed by atoms with Crippen LogP contribution in [0.2, 0.25) is 0 Å². The van der Waals surface area contributed by atoms with Gasteiger partial charge < -0.3 is 10.1 Å². The lowest BCUT2D eigenvalue weighted by Crippen LogP contribution is -2.58. The van der Waals surface area contributed by atoms with Crippen LogP contribution in [0.25, 0.3) is 0 Å². The van der Waals surface area contributed by atoms with Crippen molar-refractivity contribution in [1.82, 2.24) is 0 Å². The molecule has 1 aliphatic rings. The van der Waals surface area contributed by atoms with Crippen molar-refractivity contribution in [2.45, 2.75) is 39.3 Å². The molecule has 0 amide bonds. The summed E-state index contributed by atoms with van der Waals surface area (Å²) in [5, 5.41) is 2.82. The first-order chi connectivity index (χ1) is 8.86. The minimum absolute atomic E-state index is 0.0709. The van der Waals surface area contributed by atoms with Gasteiger partial charge in [-0.05, 0) is 13.3 Å². The Morgan fingerprint density at radius 1 is 1.26 bits per heavy atom. The smallest absolute Gasteiger partial charge is 0.152 e. The molecule has 2 rings (SSSR count). The molecule has 0 radical (unpaired) electrons. The average Bonchev–Trinajstić information content (AvgIpc) is 2.30. The van der Waals surface area contributed by atoms with Crippen molar-refractivity contribution in [3.8, 4) is 0 Å². The van der Waals surface area contributed by atoms with Gasteiger partial charge in [-0.2, -0.15) is 0 Å². The number of ether oxygens (including phenoxy) is 1. The molecule has 0 spiro atoms. The lowest BCUT2D eigenvalue weighted by molar-refractivity contribution is -0.0977. The van der Waals surface area contributed by atoms with E-state index in [1.165, 1.54) is 0 Å². The third-order valence-corrected chi connectivity index (χ3v) is 3.87. The summed E-state index contributed by atoms with van der Waals surface area (Å²) < 4.78 is 45.5. The molecule has 1 aromatic carbocycles. The summed E-state index contributed by atoms with van der Waals surface area (Å²) in [6.45, 7) is 6.48. The van der Waals surface area contributed by atoms with Crippen LogP contribution in [-0.4, -0.2) is 18.8 Å². The number of hydrogen-bond acceptors (Lipinski definition) is 2. The van der Waals surface area contributed by atoms with Crippen molar-refractivity contribution in [3.63, 3.8) is 0 Å². The monoisotopic (exact) mass is 273 g/mol. The minimum Gasteiger partial charge on any atom is -0.378 e. The molecule has 2 atom stereocenters. The van der Waals surface area contributed by atoms with Gasteiger partial charge in [0, 0.05) is 30.2 Å². The van der Waals surface area contributed by atoms with E-state index in [4.69, 9.17) is 4.74 Å². The summed E-state index contributed by atoms with van der Waals surface area (Å²) in [6.07, 6.45) is 0.749. The molecule has 2 nitrogen and oxygen atoms in total. The van der Waals surface area contributed by atoms with Gasteiger partial charge >= 0.3 is 0 Å². The van der Waals surface area contributed by atoms with Crippen LogP contribution in [0.3, 0.4) is 0 Å². The molecule has 19 heavy (non-hydrogen) atoms. The number of hydrogen-bond donors (Lipinski definition) is 1. The zero-order valence-electron chi connectivity index (χ0n) is 11.3. The molecule has 106 valence electrons. The number of halogens is 3. The van der Waals surface area contributed by atoms with Crippen LogP contribution >= 0.6 is 0 Å². The first kappa shape index (κ1) is 14.2. The van der Waals surface area contributed by atoms with Gasteiger partial charge in [0.1, 0.15) is 11.5 Å². The Morgan fingerprint density at radius 3 is 2.32 bits per heavy atom. The van der Waals surface area contributed by atoms with Crippen LogP contribution in [0.4, 0.5) is 18.9 Å². The lowest BCUT2D eigenvalue weighted by Gasteiger charge is -2.52. The largest absolute Gasteiger partial charge is 0.378 e. The average molecular weight is 273 g/mol. The summed E-state index contributed by atoms with van der Waals surface area (Å²) in [5.41, 5.74) is -0.488. The standard InChI is InChI=1S/C14H18F3NO/c1-4-19-12-7-11(14(12,2)3)18-13-9(16)5-8(15)6-10(13)17/h5-6,11-12,18H,4,7H2,1-3H3. The van der Waals surface area contributed by atoms with E-state index < -0.39 is 17.5 Å². The number of benzene rings is 1. The van der Waals surface area contributed by atoms with Crippen molar-refractivity contribution in [3.05, 3.63) is 29.6 Å². The second-order valence-electron chi connectivity index (χ2n) is 5.44. The fraction of sp³-hybridized carbons (Fsp3) is 0.571. The Morgan fingerprint density at radius 2 is 1.84 bits per heavy atom. The van der Waals surface area contributed by atoms with E-state index in [0.717, 1.165) is 0 Å². The molecular formula is C14H18F3NO. The van der Waals surface area contributed by atoms with Gasteiger partial charge in [-0.15, -0.1) is 0 Å². The second-order valence-corrected chi connectivity index (χ2v) is 5.44. The van der Waals surface area contributed by atoms with E-state index in [-0.39, 0.29) is 23.2 Å². The predicted octanol–water partition coefficient (Wildman–Crippen LogP) is 3.72. The summed E-state index contributed by atoms with van der Waals surface area (Å²) in [6, 6.07) is 1.26. The van der Waals surface area contributed by atoms with Gasteiger partial charge in [-0.25, -0.2) is 13.2 Å². The number of rotatable bonds is 4. The van der Waals surface area contributed by atoms with Crippen LogP contribution in [0.5, 0.6) is 0 Å². The van der Waals surface area contributed by atoms with Crippen LogP contribution in [0, 0.1) is 22.9 Å². The van der Waals surface area contributed by atoms with Crippen LogP contribution in [-0.2, 0) is 4.74 Å². The molecule has 1 fully saturated rings. The van der Waals surface area contributed by atoms with Gasteiger partial charge in [-0.1, -0.05) is 13.8 Å². The molecule has 1 aromatic rings. The van der Waals surface area contributed by atoms with Crippen molar-refractivity contribution in [2.75, 3.05) is 11.9 Å². The van der Waals surface area contributed by atoms with E-state index in [2.05, 4.69) is 5.32 Å². The van der Waals surface area contributed by atoms with Crippen molar-refractivity contribution >= 4 is 5.69 Å². The maximum Gasteiger partial charge on any atom is 0.152 e. The van der Waals surface area contributed by atoms with Crippen molar-refractivity contribution in [2.24, 2.45) is 5.41 Å². The molecule has 1 aliphatic carbocycles. The summed E-state index contributed by atoms with van der Waals surface area (Å²) in [5.74, 6) is -2.73. The Kier molecular flexibility index (Phi) is 3.76. The fourth-order valence-electron chi connectivity index (χ4n) is 2.47.